The molecular formula is C28H22F3N2O4S+. The normalized spacial score (nSPS) is 14.9. The molecule has 2 aromatic rings. The summed E-state index contributed by atoms with van der Waals surface area (Å²) in [5.74, 6) is -8.49. The van der Waals surface area contributed by atoms with Crippen LogP contribution in [0.3, 0.4) is 0 Å². The number of carboxylic acid groups (broad SMARTS) is 1. The van der Waals surface area contributed by atoms with E-state index in [1.165, 1.54) is 11.3 Å². The van der Waals surface area contributed by atoms with Crippen molar-refractivity contribution in [2.45, 2.75) is 12.8 Å². The van der Waals surface area contributed by atoms with Gasteiger partial charge in [0.25, 0.3) is 0 Å². The van der Waals surface area contributed by atoms with Gasteiger partial charge in [-0.05, 0) is 24.6 Å². The Labute approximate surface area is 219 Å². The second-order valence-corrected chi connectivity index (χ2v) is 10.5. The third-order valence-corrected chi connectivity index (χ3v) is 8.42. The molecule has 0 aromatic heterocycles. The van der Waals surface area contributed by atoms with Crippen molar-refractivity contribution in [1.82, 2.24) is 4.58 Å². The van der Waals surface area contributed by atoms with Gasteiger partial charge in [0.1, 0.15) is 30.0 Å². The van der Waals surface area contributed by atoms with E-state index in [1.54, 1.807) is 12.1 Å². The highest BCUT2D eigenvalue weighted by Gasteiger charge is 2.35. The summed E-state index contributed by atoms with van der Waals surface area (Å²) in [6.07, 6.45) is 2.14. The van der Waals surface area contributed by atoms with Crippen LogP contribution in [0.15, 0.2) is 36.4 Å². The molecule has 6 nitrogen and oxygen atoms in total. The second kappa shape index (κ2) is 9.13. The number of anilines is 1. The first-order chi connectivity index (χ1) is 18.3. The number of benzene rings is 3. The zero-order valence-corrected chi connectivity index (χ0v) is 21.1. The molecule has 4 aliphatic rings. The number of carbonyl (C=O) groups is 2. The molecular weight excluding hydrogens is 517 g/mol. The molecule has 0 spiro atoms. The molecule has 0 bridgehead atoms. The van der Waals surface area contributed by atoms with Crippen LogP contribution in [0.1, 0.15) is 33.6 Å². The summed E-state index contributed by atoms with van der Waals surface area (Å²) in [5.41, 5.74) is -1.63. The van der Waals surface area contributed by atoms with Crippen LogP contribution in [0.4, 0.5) is 18.9 Å². The standard InChI is InChI=1S/C28H21F3N2O4S/c1-37-28(36)23-24(29)21(22(27(34)35)25(30)26(23)31)20-16-6-4-14(32-8-2-9-32)12-18(16)38-19-13-15(5-7-17(19)20)33-10-3-11-33/h4-7,12-13H,2-3,8-11H2,1H3/p+1. The number of rotatable bonds is 4. The number of carboxylic acids is 1. The highest BCUT2D eigenvalue weighted by molar-refractivity contribution is 7.21. The highest BCUT2D eigenvalue weighted by Crippen LogP contribution is 2.47. The molecule has 6 rings (SSSR count). The van der Waals surface area contributed by atoms with Crippen molar-refractivity contribution in [2.24, 2.45) is 0 Å². The number of hydrogen-bond donors (Lipinski definition) is 1. The molecule has 1 N–H and O–H groups in total. The zero-order chi connectivity index (χ0) is 26.7. The van der Waals surface area contributed by atoms with Crippen LogP contribution in [-0.4, -0.2) is 50.3 Å². The van der Waals surface area contributed by atoms with Crippen molar-refractivity contribution in [2.75, 3.05) is 38.2 Å². The van der Waals surface area contributed by atoms with Gasteiger partial charge in [0.15, 0.2) is 11.6 Å². The molecule has 194 valence electrons. The fraction of sp³-hybridized carbons (Fsp3) is 0.250. The monoisotopic (exact) mass is 539 g/mol. The lowest BCUT2D eigenvalue weighted by molar-refractivity contribution is 0.0584. The van der Waals surface area contributed by atoms with E-state index in [4.69, 9.17) is 0 Å². The third-order valence-electron chi connectivity index (χ3n) is 7.31. The van der Waals surface area contributed by atoms with Gasteiger partial charge in [-0.3, -0.25) is 0 Å². The molecule has 3 heterocycles. The predicted octanol–water partition coefficient (Wildman–Crippen LogP) is 4.96. The maximum absolute atomic E-state index is 16.1. The molecule has 38 heavy (non-hydrogen) atoms. The van der Waals surface area contributed by atoms with E-state index in [1.807, 2.05) is 24.3 Å². The number of carbonyl (C=O) groups excluding carboxylic acids is 1. The fourth-order valence-corrected chi connectivity index (χ4v) is 6.21. The van der Waals surface area contributed by atoms with Crippen molar-refractivity contribution in [3.05, 3.63) is 70.3 Å². The van der Waals surface area contributed by atoms with Gasteiger partial charge in [-0.25, -0.2) is 27.3 Å². The van der Waals surface area contributed by atoms with Crippen molar-refractivity contribution in [3.8, 4) is 21.6 Å². The van der Waals surface area contributed by atoms with E-state index in [0.717, 1.165) is 66.8 Å². The lowest BCUT2D eigenvalue weighted by Crippen LogP contribution is -2.40. The van der Waals surface area contributed by atoms with Crippen LogP contribution in [0, 0.1) is 17.5 Å². The van der Waals surface area contributed by atoms with E-state index < -0.39 is 46.1 Å². The van der Waals surface area contributed by atoms with E-state index in [9.17, 15) is 19.1 Å². The number of aromatic carboxylic acids is 1. The minimum Gasteiger partial charge on any atom is -0.478 e. The third kappa shape index (κ3) is 3.65. The molecule has 0 amide bonds. The number of nitrogens with zero attached hydrogens (tertiary/aromatic N) is 2. The first-order valence-corrected chi connectivity index (χ1v) is 13.0. The lowest BCUT2D eigenvalue weighted by Gasteiger charge is -2.33. The molecule has 0 unspecified atom stereocenters. The number of hydrogen-bond acceptors (Lipinski definition) is 5. The Morgan fingerprint density at radius 1 is 0.947 bits per heavy atom. The summed E-state index contributed by atoms with van der Waals surface area (Å²) in [6.45, 7) is 3.61. The molecule has 0 saturated carbocycles. The van der Waals surface area contributed by atoms with Crippen molar-refractivity contribution < 1.29 is 32.6 Å². The van der Waals surface area contributed by atoms with E-state index in [-0.39, 0.29) is 5.56 Å². The smallest absolute Gasteiger partial charge is 0.344 e. The quantitative estimate of drug-likeness (QED) is 0.172. The second-order valence-electron chi connectivity index (χ2n) is 9.38. The van der Waals surface area contributed by atoms with Crippen molar-refractivity contribution in [1.29, 1.82) is 0 Å². The largest absolute Gasteiger partial charge is 0.478 e. The fourth-order valence-electron chi connectivity index (χ4n) is 5.06. The van der Waals surface area contributed by atoms with Gasteiger partial charge >= 0.3 is 11.9 Å². The van der Waals surface area contributed by atoms with Gasteiger partial charge in [0.2, 0.25) is 5.36 Å². The van der Waals surface area contributed by atoms with Crippen LogP contribution < -0.4 is 14.8 Å². The maximum atomic E-state index is 16.1. The Kier molecular flexibility index (Phi) is 5.86. The Morgan fingerprint density at radius 2 is 1.68 bits per heavy atom. The molecule has 1 aliphatic carbocycles. The van der Waals surface area contributed by atoms with E-state index >= 15 is 8.78 Å². The van der Waals surface area contributed by atoms with E-state index in [0.29, 0.717) is 10.9 Å². The van der Waals surface area contributed by atoms with Crippen LogP contribution in [0.5, 0.6) is 0 Å². The molecule has 10 heteroatoms. The van der Waals surface area contributed by atoms with Gasteiger partial charge in [-0.1, -0.05) is 6.07 Å². The highest BCUT2D eigenvalue weighted by atomic mass is 32.1. The SMILES string of the molecule is COC(=O)c1c(F)c(F)c(C(=O)O)c(-c2c3ccc(=[N+]4CCC4)cc-3sc3cc(N4CCC4)ccc23)c1F. The molecule has 0 radical (unpaired) electrons. The summed E-state index contributed by atoms with van der Waals surface area (Å²) in [7, 11) is 0.910. The van der Waals surface area contributed by atoms with Crippen LogP contribution in [0.25, 0.3) is 31.7 Å². The summed E-state index contributed by atoms with van der Waals surface area (Å²) < 4.78 is 53.5. The lowest BCUT2D eigenvalue weighted by atomic mass is 9.89. The Hall–Kier alpha value is -3.92. The number of methoxy groups -OCH3 is 1. The predicted molar refractivity (Wildman–Crippen MR) is 139 cm³/mol. The zero-order valence-electron chi connectivity index (χ0n) is 20.3. The summed E-state index contributed by atoms with van der Waals surface area (Å²) in [5, 5.41) is 11.3. The number of esters is 1. The van der Waals surface area contributed by atoms with Crippen molar-refractivity contribution >= 4 is 39.0 Å². The van der Waals surface area contributed by atoms with Crippen LogP contribution in [-0.2, 0) is 4.74 Å². The minimum atomic E-state index is -1.90. The van der Waals surface area contributed by atoms with E-state index in [2.05, 4.69) is 14.2 Å². The number of halogens is 3. The first-order valence-electron chi connectivity index (χ1n) is 12.2. The molecule has 3 aliphatic heterocycles. The molecule has 2 saturated heterocycles. The Morgan fingerprint density at radius 3 is 2.29 bits per heavy atom. The topological polar surface area (TPSA) is 69.9 Å². The van der Waals surface area contributed by atoms with Gasteiger partial charge in [-0.15, -0.1) is 11.3 Å². The molecule has 2 aromatic carbocycles. The van der Waals surface area contributed by atoms with Crippen LogP contribution >= 0.6 is 11.3 Å². The summed E-state index contributed by atoms with van der Waals surface area (Å²) in [4.78, 5) is 27.4. The number of ether oxygens (including phenoxy) is 1. The molecule has 0 atom stereocenters. The molecule has 2 fully saturated rings. The van der Waals surface area contributed by atoms with Gasteiger partial charge in [0, 0.05) is 62.6 Å². The summed E-state index contributed by atoms with van der Waals surface area (Å²) >= 11 is 1.45. The van der Waals surface area contributed by atoms with Crippen LogP contribution in [0.2, 0.25) is 0 Å². The Balaban J connectivity index is 1.77. The summed E-state index contributed by atoms with van der Waals surface area (Å²) in [6, 6.07) is 11.0. The average Bonchev–Trinajstić information content (AvgIpc) is 2.82. The van der Waals surface area contributed by atoms with Gasteiger partial charge in [-0.2, -0.15) is 0 Å². The van der Waals surface area contributed by atoms with Gasteiger partial charge < -0.3 is 14.7 Å². The average molecular weight is 540 g/mol. The maximum Gasteiger partial charge on any atom is 0.344 e. The first kappa shape index (κ1) is 24.4. The minimum absolute atomic E-state index is 0.0815. The Bertz CT molecular complexity index is 1710. The number of fused-ring (bicyclic) bond motifs is 2. The van der Waals surface area contributed by atoms with Gasteiger partial charge in [0.05, 0.1) is 13.5 Å². The van der Waals surface area contributed by atoms with Crippen molar-refractivity contribution in [3.63, 3.8) is 0 Å².